The minimum Gasteiger partial charge on any atom is -0.0763 e. The molecule has 0 bridgehead atoms. The van der Waals surface area contributed by atoms with Crippen LogP contribution in [0, 0.1) is 0 Å². The van der Waals surface area contributed by atoms with Crippen molar-refractivity contribution in [1.29, 1.82) is 0 Å². The van der Waals surface area contributed by atoms with Gasteiger partial charge in [-0.15, -0.1) is 0 Å². The van der Waals surface area contributed by atoms with Crippen molar-refractivity contribution in [2.45, 2.75) is 32.6 Å². The highest BCUT2D eigenvalue weighted by Crippen LogP contribution is 2.36. The van der Waals surface area contributed by atoms with Gasteiger partial charge < -0.3 is 0 Å². The van der Waals surface area contributed by atoms with Crippen LogP contribution in [0.4, 0.5) is 0 Å². The Hall–Kier alpha value is -1.56. The summed E-state index contributed by atoms with van der Waals surface area (Å²) >= 11 is 0. The number of unbranched alkanes of at least 4 members (excludes halogenated alkanes) is 1. The van der Waals surface area contributed by atoms with E-state index in [0.717, 1.165) is 6.42 Å². The van der Waals surface area contributed by atoms with Gasteiger partial charge in [0.2, 0.25) is 0 Å². The van der Waals surface area contributed by atoms with Gasteiger partial charge in [0.1, 0.15) is 0 Å². The van der Waals surface area contributed by atoms with Gasteiger partial charge in [0.05, 0.1) is 0 Å². The average Bonchev–Trinajstić information content (AvgIpc) is 2.80. The Kier molecular flexibility index (Phi) is 2.72. The Morgan fingerprint density at radius 3 is 2.82 bits per heavy atom. The molecule has 17 heavy (non-hydrogen) atoms. The first-order chi connectivity index (χ1) is 8.40. The van der Waals surface area contributed by atoms with Crippen LogP contribution in [0.15, 0.2) is 42.5 Å². The molecule has 0 radical (unpaired) electrons. The molecule has 0 heterocycles. The Balaban J connectivity index is 2.12. The standard InChI is InChI=1S/C17H18/c1-2-3-6-14-11-12-15-10-9-13-7-4-5-8-16(13)17(14)15/h4-5,7-11H,2-3,6,12H2,1H3. The zero-order chi connectivity index (χ0) is 11.7. The monoisotopic (exact) mass is 222 g/mol. The number of allylic oxidation sites excluding steroid dienone is 2. The molecule has 0 atom stereocenters. The third kappa shape index (κ3) is 1.78. The van der Waals surface area contributed by atoms with Crippen LogP contribution < -0.4 is 0 Å². The van der Waals surface area contributed by atoms with Gasteiger partial charge in [-0.1, -0.05) is 55.8 Å². The number of rotatable bonds is 3. The Bertz CT molecular complexity index is 576. The highest BCUT2D eigenvalue weighted by Gasteiger charge is 2.15. The molecular formula is C17H18. The van der Waals surface area contributed by atoms with Gasteiger partial charge in [-0.25, -0.2) is 0 Å². The van der Waals surface area contributed by atoms with Crippen molar-refractivity contribution < 1.29 is 0 Å². The van der Waals surface area contributed by atoms with Crippen LogP contribution in [-0.4, -0.2) is 0 Å². The second-order valence-corrected chi connectivity index (χ2v) is 4.86. The second kappa shape index (κ2) is 4.37. The van der Waals surface area contributed by atoms with Crippen LogP contribution in [0.5, 0.6) is 0 Å². The number of benzene rings is 2. The third-order valence-electron chi connectivity index (χ3n) is 3.70. The van der Waals surface area contributed by atoms with Crippen LogP contribution in [0.25, 0.3) is 16.3 Å². The van der Waals surface area contributed by atoms with E-state index in [1.807, 2.05) is 0 Å². The van der Waals surface area contributed by atoms with Crippen LogP contribution in [-0.2, 0) is 6.42 Å². The van der Waals surface area contributed by atoms with E-state index in [4.69, 9.17) is 0 Å². The lowest BCUT2D eigenvalue weighted by Gasteiger charge is -2.09. The van der Waals surface area contributed by atoms with Gasteiger partial charge >= 0.3 is 0 Å². The number of fused-ring (bicyclic) bond motifs is 3. The van der Waals surface area contributed by atoms with Gasteiger partial charge in [-0.2, -0.15) is 0 Å². The zero-order valence-corrected chi connectivity index (χ0v) is 10.4. The molecule has 0 amide bonds. The SMILES string of the molecule is CCCCC1=CCc2ccc3ccccc3c21. The predicted octanol–water partition coefficient (Wildman–Crippen LogP) is 4.97. The molecule has 0 spiro atoms. The topological polar surface area (TPSA) is 0 Å². The molecule has 0 fully saturated rings. The molecule has 0 N–H and O–H groups in total. The summed E-state index contributed by atoms with van der Waals surface area (Å²) in [5.74, 6) is 0. The van der Waals surface area contributed by atoms with Gasteiger partial charge in [-0.3, -0.25) is 0 Å². The molecular weight excluding hydrogens is 204 g/mol. The molecule has 0 saturated carbocycles. The lowest BCUT2D eigenvalue weighted by atomic mass is 9.95. The van der Waals surface area contributed by atoms with Crippen molar-refractivity contribution in [2.24, 2.45) is 0 Å². The highest BCUT2D eigenvalue weighted by atomic mass is 14.2. The summed E-state index contributed by atoms with van der Waals surface area (Å²) in [6.45, 7) is 2.26. The summed E-state index contributed by atoms with van der Waals surface area (Å²) in [7, 11) is 0. The first kappa shape index (κ1) is 10.6. The second-order valence-electron chi connectivity index (χ2n) is 4.86. The molecule has 3 rings (SSSR count). The van der Waals surface area contributed by atoms with Gasteiger partial charge in [0, 0.05) is 0 Å². The first-order valence-electron chi connectivity index (χ1n) is 6.60. The summed E-state index contributed by atoms with van der Waals surface area (Å²) in [4.78, 5) is 0. The summed E-state index contributed by atoms with van der Waals surface area (Å²) < 4.78 is 0. The Morgan fingerprint density at radius 2 is 1.94 bits per heavy atom. The largest absolute Gasteiger partial charge is 0.0763 e. The fraction of sp³-hybridized carbons (Fsp3) is 0.294. The van der Waals surface area contributed by atoms with Gasteiger partial charge in [0.25, 0.3) is 0 Å². The lowest BCUT2D eigenvalue weighted by Crippen LogP contribution is -1.88. The van der Waals surface area contributed by atoms with Crippen molar-refractivity contribution in [1.82, 2.24) is 0 Å². The smallest absolute Gasteiger partial charge is 0.00851 e. The lowest BCUT2D eigenvalue weighted by molar-refractivity contribution is 0.825. The molecule has 0 nitrogen and oxygen atoms in total. The maximum atomic E-state index is 2.42. The van der Waals surface area contributed by atoms with Crippen molar-refractivity contribution in [3.63, 3.8) is 0 Å². The summed E-state index contributed by atoms with van der Waals surface area (Å²) in [6.07, 6.45) is 7.36. The molecule has 1 aliphatic carbocycles. The van der Waals surface area contributed by atoms with Crippen LogP contribution in [0.1, 0.15) is 37.3 Å². The van der Waals surface area contributed by atoms with Gasteiger partial charge in [-0.05, 0) is 46.7 Å². The third-order valence-corrected chi connectivity index (χ3v) is 3.70. The molecule has 0 saturated heterocycles. The number of hydrogen-bond donors (Lipinski definition) is 0. The van der Waals surface area contributed by atoms with E-state index >= 15 is 0 Å². The zero-order valence-electron chi connectivity index (χ0n) is 10.4. The molecule has 0 heteroatoms. The van der Waals surface area contributed by atoms with E-state index in [2.05, 4.69) is 49.4 Å². The molecule has 0 aliphatic heterocycles. The minimum absolute atomic E-state index is 1.12. The summed E-state index contributed by atoms with van der Waals surface area (Å²) in [5.41, 5.74) is 4.60. The number of hydrogen-bond acceptors (Lipinski definition) is 0. The summed E-state index contributed by atoms with van der Waals surface area (Å²) in [5, 5.41) is 2.81. The normalized spacial score (nSPS) is 13.8. The molecule has 2 aromatic rings. The van der Waals surface area contributed by atoms with E-state index in [1.165, 1.54) is 41.2 Å². The Labute approximate surface area is 103 Å². The van der Waals surface area contributed by atoms with Gasteiger partial charge in [0.15, 0.2) is 0 Å². The Morgan fingerprint density at radius 1 is 1.06 bits per heavy atom. The molecule has 1 aliphatic rings. The van der Waals surface area contributed by atoms with Crippen molar-refractivity contribution in [2.75, 3.05) is 0 Å². The first-order valence-corrected chi connectivity index (χ1v) is 6.60. The molecule has 0 aromatic heterocycles. The quantitative estimate of drug-likeness (QED) is 0.687. The average molecular weight is 222 g/mol. The predicted molar refractivity (Wildman–Crippen MR) is 75.2 cm³/mol. The van der Waals surface area contributed by atoms with Crippen molar-refractivity contribution in [3.8, 4) is 0 Å². The molecule has 0 unspecified atom stereocenters. The summed E-state index contributed by atoms with van der Waals surface area (Å²) in [6, 6.07) is 13.3. The highest BCUT2D eigenvalue weighted by molar-refractivity contribution is 5.96. The molecule has 2 aromatic carbocycles. The van der Waals surface area contributed by atoms with Crippen molar-refractivity contribution >= 4 is 16.3 Å². The van der Waals surface area contributed by atoms with Crippen LogP contribution in [0.2, 0.25) is 0 Å². The van der Waals surface area contributed by atoms with E-state index in [-0.39, 0.29) is 0 Å². The maximum Gasteiger partial charge on any atom is -0.00851 e. The fourth-order valence-electron chi connectivity index (χ4n) is 2.80. The van der Waals surface area contributed by atoms with E-state index in [9.17, 15) is 0 Å². The van der Waals surface area contributed by atoms with E-state index in [1.54, 1.807) is 5.57 Å². The maximum absolute atomic E-state index is 2.42. The minimum atomic E-state index is 1.12. The van der Waals surface area contributed by atoms with Crippen molar-refractivity contribution in [3.05, 3.63) is 53.6 Å². The molecule has 86 valence electrons. The van der Waals surface area contributed by atoms with Crippen LogP contribution in [0.3, 0.4) is 0 Å². The fourth-order valence-corrected chi connectivity index (χ4v) is 2.80. The van der Waals surface area contributed by atoms with E-state index in [0.29, 0.717) is 0 Å². The van der Waals surface area contributed by atoms with Crippen LogP contribution >= 0.6 is 0 Å². The van der Waals surface area contributed by atoms with E-state index < -0.39 is 0 Å².